The van der Waals surface area contributed by atoms with Gasteiger partial charge < -0.3 is 5.32 Å². The smallest absolute Gasteiger partial charge is 0.278 e. The van der Waals surface area contributed by atoms with Crippen LogP contribution in [0.5, 0.6) is 0 Å². The Morgan fingerprint density at radius 3 is 2.23 bits per heavy atom. The summed E-state index contributed by atoms with van der Waals surface area (Å²) in [5.74, 6) is -0.610. The van der Waals surface area contributed by atoms with Crippen LogP contribution in [0.15, 0.2) is 98.8 Å². The summed E-state index contributed by atoms with van der Waals surface area (Å²) in [6, 6.07) is 24.5. The molecule has 7 heteroatoms. The van der Waals surface area contributed by atoms with Crippen molar-refractivity contribution in [2.45, 2.75) is 11.3 Å². The molecule has 1 N–H and O–H groups in total. The summed E-state index contributed by atoms with van der Waals surface area (Å²) in [6.45, 7) is 0.317. The summed E-state index contributed by atoms with van der Waals surface area (Å²) in [5.41, 5.74) is 2.10. The quantitative estimate of drug-likeness (QED) is 0.386. The Bertz CT molecular complexity index is 1060. The first-order valence-electron chi connectivity index (χ1n) is 9.61. The third-order valence-corrected chi connectivity index (χ3v) is 6.61. The van der Waals surface area contributed by atoms with Crippen molar-refractivity contribution in [1.29, 1.82) is 0 Å². The van der Waals surface area contributed by atoms with Crippen molar-refractivity contribution in [3.8, 4) is 0 Å². The zero-order valence-corrected chi connectivity index (χ0v) is 19.5. The third-order valence-electron chi connectivity index (χ3n) is 4.74. The number of anilines is 1. The molecule has 3 aromatic carbocycles. The van der Waals surface area contributed by atoms with Crippen LogP contribution in [-0.2, 0) is 16.0 Å². The summed E-state index contributed by atoms with van der Waals surface area (Å²) in [5, 5.41) is 3.77. The SMILES string of the molecule is O=C1C(Nc2ccc(Br)cc2)=C(Sc2ccc(Cl)cc2)C(=O)N1CCc1ccccc1. The highest BCUT2D eigenvalue weighted by atomic mass is 79.9. The van der Waals surface area contributed by atoms with Crippen molar-refractivity contribution in [3.63, 3.8) is 0 Å². The Balaban J connectivity index is 1.61. The standard InChI is InChI=1S/C24H18BrClN2O2S/c25-17-6-10-19(11-7-17)27-21-22(31-20-12-8-18(26)9-13-20)24(30)28(23(21)29)15-14-16-4-2-1-3-5-16/h1-13,27H,14-15H2. The van der Waals surface area contributed by atoms with Crippen molar-refractivity contribution >= 4 is 56.8 Å². The molecule has 4 rings (SSSR count). The van der Waals surface area contributed by atoms with E-state index in [1.807, 2.05) is 66.7 Å². The summed E-state index contributed by atoms with van der Waals surface area (Å²) in [7, 11) is 0. The van der Waals surface area contributed by atoms with Crippen molar-refractivity contribution < 1.29 is 9.59 Å². The number of hydrogen-bond donors (Lipinski definition) is 1. The zero-order valence-electron chi connectivity index (χ0n) is 16.3. The molecule has 0 spiro atoms. The van der Waals surface area contributed by atoms with Gasteiger partial charge in [0.2, 0.25) is 0 Å². The molecule has 2 amide bonds. The summed E-state index contributed by atoms with van der Waals surface area (Å²) in [6.07, 6.45) is 0.600. The van der Waals surface area contributed by atoms with Crippen LogP contribution in [0.25, 0.3) is 0 Å². The predicted octanol–water partition coefficient (Wildman–Crippen LogP) is 6.13. The van der Waals surface area contributed by atoms with Gasteiger partial charge in [0.05, 0.1) is 0 Å². The molecule has 0 atom stereocenters. The van der Waals surface area contributed by atoms with E-state index in [2.05, 4.69) is 21.2 Å². The largest absolute Gasteiger partial charge is 0.350 e. The van der Waals surface area contributed by atoms with Gasteiger partial charge in [0, 0.05) is 26.6 Å². The van der Waals surface area contributed by atoms with Gasteiger partial charge in [-0.1, -0.05) is 69.6 Å². The second-order valence-electron chi connectivity index (χ2n) is 6.89. The monoisotopic (exact) mass is 512 g/mol. The van der Waals surface area contributed by atoms with Crippen LogP contribution >= 0.6 is 39.3 Å². The van der Waals surface area contributed by atoms with E-state index in [1.54, 1.807) is 12.1 Å². The molecule has 0 saturated carbocycles. The third kappa shape index (κ3) is 5.21. The van der Waals surface area contributed by atoms with Gasteiger partial charge in [-0.15, -0.1) is 0 Å². The second kappa shape index (κ2) is 9.73. The lowest BCUT2D eigenvalue weighted by molar-refractivity contribution is -0.137. The Kier molecular flexibility index (Phi) is 6.80. The number of hydrogen-bond acceptors (Lipinski definition) is 4. The summed E-state index contributed by atoms with van der Waals surface area (Å²) in [4.78, 5) is 28.9. The van der Waals surface area contributed by atoms with Crippen molar-refractivity contribution in [2.24, 2.45) is 0 Å². The van der Waals surface area contributed by atoms with Crippen molar-refractivity contribution in [1.82, 2.24) is 4.90 Å². The molecule has 0 bridgehead atoms. The molecule has 0 fully saturated rings. The molecule has 4 nitrogen and oxygen atoms in total. The number of nitrogens with one attached hydrogen (secondary N) is 1. The minimum Gasteiger partial charge on any atom is -0.350 e. The lowest BCUT2D eigenvalue weighted by atomic mass is 10.1. The number of carbonyl (C=O) groups is 2. The molecule has 0 aliphatic carbocycles. The van der Waals surface area contributed by atoms with Gasteiger partial charge in [0.15, 0.2) is 0 Å². The highest BCUT2D eigenvalue weighted by Crippen LogP contribution is 2.36. The van der Waals surface area contributed by atoms with Gasteiger partial charge in [-0.2, -0.15) is 0 Å². The van der Waals surface area contributed by atoms with Crippen LogP contribution in [-0.4, -0.2) is 23.3 Å². The number of halogens is 2. The molecule has 31 heavy (non-hydrogen) atoms. The van der Waals surface area contributed by atoms with E-state index in [-0.39, 0.29) is 11.8 Å². The fourth-order valence-electron chi connectivity index (χ4n) is 3.15. The predicted molar refractivity (Wildman–Crippen MR) is 129 cm³/mol. The number of nitrogens with zero attached hydrogens (tertiary/aromatic N) is 1. The number of carbonyl (C=O) groups excluding carboxylic acids is 2. The molecule has 0 unspecified atom stereocenters. The first-order chi connectivity index (χ1) is 15.0. The number of rotatable bonds is 7. The number of benzene rings is 3. The number of amides is 2. The van der Waals surface area contributed by atoms with E-state index in [9.17, 15) is 9.59 Å². The number of thioether (sulfide) groups is 1. The van der Waals surface area contributed by atoms with E-state index >= 15 is 0 Å². The summed E-state index contributed by atoms with van der Waals surface area (Å²) >= 11 is 10.7. The highest BCUT2D eigenvalue weighted by molar-refractivity contribution is 9.10. The maximum Gasteiger partial charge on any atom is 0.278 e. The Labute approximate surface area is 198 Å². The average molecular weight is 514 g/mol. The van der Waals surface area contributed by atoms with Crippen molar-refractivity contribution in [3.05, 3.63) is 105 Å². The fourth-order valence-corrected chi connectivity index (χ4v) is 4.48. The van der Waals surface area contributed by atoms with E-state index < -0.39 is 0 Å². The van der Waals surface area contributed by atoms with E-state index in [0.717, 1.165) is 20.6 Å². The lowest BCUT2D eigenvalue weighted by Gasteiger charge is -2.15. The van der Waals surface area contributed by atoms with E-state index in [4.69, 9.17) is 11.6 Å². The van der Waals surface area contributed by atoms with Crippen LogP contribution in [0.4, 0.5) is 5.69 Å². The second-order valence-corrected chi connectivity index (χ2v) is 9.33. The molecule has 1 heterocycles. The van der Waals surface area contributed by atoms with Crippen LogP contribution < -0.4 is 5.32 Å². The molecule has 0 aromatic heterocycles. The fraction of sp³-hybridized carbons (Fsp3) is 0.0833. The molecular weight excluding hydrogens is 496 g/mol. The van der Waals surface area contributed by atoms with Crippen molar-refractivity contribution in [2.75, 3.05) is 11.9 Å². The van der Waals surface area contributed by atoms with Gasteiger partial charge in [0.25, 0.3) is 11.8 Å². The molecule has 1 aliphatic heterocycles. The van der Waals surface area contributed by atoms with Gasteiger partial charge in [-0.05, 0) is 60.5 Å². The Hall–Kier alpha value is -2.54. The van der Waals surface area contributed by atoms with Crippen LogP contribution in [0.2, 0.25) is 5.02 Å². The van der Waals surface area contributed by atoms with Crippen LogP contribution in [0.1, 0.15) is 5.56 Å². The van der Waals surface area contributed by atoms with Gasteiger partial charge in [-0.25, -0.2) is 0 Å². The first-order valence-corrected chi connectivity index (χ1v) is 11.6. The number of imide groups is 1. The molecule has 3 aromatic rings. The van der Waals surface area contributed by atoms with E-state index in [1.165, 1.54) is 16.7 Å². The zero-order chi connectivity index (χ0) is 21.8. The maximum absolute atomic E-state index is 13.2. The molecule has 0 saturated heterocycles. The van der Waals surface area contributed by atoms with Gasteiger partial charge >= 0.3 is 0 Å². The Morgan fingerprint density at radius 2 is 1.55 bits per heavy atom. The van der Waals surface area contributed by atoms with Gasteiger partial charge in [-0.3, -0.25) is 14.5 Å². The lowest BCUT2D eigenvalue weighted by Crippen LogP contribution is -2.34. The highest BCUT2D eigenvalue weighted by Gasteiger charge is 2.38. The normalized spacial score (nSPS) is 13.8. The molecule has 1 aliphatic rings. The van der Waals surface area contributed by atoms with Crippen LogP contribution in [0.3, 0.4) is 0 Å². The van der Waals surface area contributed by atoms with E-state index in [0.29, 0.717) is 28.6 Å². The van der Waals surface area contributed by atoms with Crippen LogP contribution in [0, 0.1) is 0 Å². The molecular formula is C24H18BrClN2O2S. The summed E-state index contributed by atoms with van der Waals surface area (Å²) < 4.78 is 0.932. The molecule has 0 radical (unpaired) electrons. The minimum absolute atomic E-state index is 0.291. The first kappa shape index (κ1) is 21.7. The molecule has 156 valence electrons. The Morgan fingerprint density at radius 1 is 0.871 bits per heavy atom. The topological polar surface area (TPSA) is 49.4 Å². The average Bonchev–Trinajstić information content (AvgIpc) is 3.00. The van der Waals surface area contributed by atoms with Gasteiger partial charge in [0.1, 0.15) is 10.6 Å². The maximum atomic E-state index is 13.2. The minimum atomic E-state index is -0.319.